The Bertz CT molecular complexity index is 623. The van der Waals surface area contributed by atoms with Crippen molar-refractivity contribution in [1.82, 2.24) is 14.3 Å². The minimum atomic E-state index is 0.807. The summed E-state index contributed by atoms with van der Waals surface area (Å²) in [6.45, 7) is 3.36. The number of nitrogens with zero attached hydrogens (tertiary/aromatic N) is 3. The maximum atomic E-state index is 5.53. The van der Waals surface area contributed by atoms with Crippen LogP contribution in [0.15, 0.2) is 30.3 Å². The van der Waals surface area contributed by atoms with E-state index in [-0.39, 0.29) is 0 Å². The van der Waals surface area contributed by atoms with Crippen molar-refractivity contribution >= 4 is 12.2 Å². The number of benzene rings is 1. The van der Waals surface area contributed by atoms with Gasteiger partial charge in [-0.05, 0) is 31.5 Å². The van der Waals surface area contributed by atoms with Gasteiger partial charge in [0.2, 0.25) is 4.77 Å². The molecule has 0 bridgehead atoms. The molecule has 2 aromatic rings. The smallest absolute Gasteiger partial charge is 0.202 e. The molecular formula is C15H21N4S+. The van der Waals surface area contributed by atoms with Crippen molar-refractivity contribution in [3.8, 4) is 11.4 Å². The van der Waals surface area contributed by atoms with Crippen molar-refractivity contribution in [2.45, 2.75) is 25.9 Å². The normalized spacial score (nSPS) is 16.4. The molecule has 4 nitrogen and oxygen atoms in total. The van der Waals surface area contributed by atoms with Gasteiger partial charge in [0.05, 0.1) is 13.1 Å². The Balaban J connectivity index is 1.88. The molecule has 1 saturated heterocycles. The van der Waals surface area contributed by atoms with E-state index in [1.807, 2.05) is 34.5 Å². The van der Waals surface area contributed by atoms with Gasteiger partial charge in [0, 0.05) is 12.6 Å². The summed E-state index contributed by atoms with van der Waals surface area (Å²) < 4.78 is 4.80. The maximum absolute atomic E-state index is 5.53. The maximum Gasteiger partial charge on any atom is 0.202 e. The molecule has 1 aromatic carbocycles. The Labute approximate surface area is 124 Å². The second-order valence-electron chi connectivity index (χ2n) is 5.50. The molecule has 0 aliphatic carbocycles. The monoisotopic (exact) mass is 289 g/mol. The molecule has 0 saturated carbocycles. The molecule has 2 heterocycles. The van der Waals surface area contributed by atoms with Gasteiger partial charge in [-0.2, -0.15) is 4.68 Å². The molecule has 1 aliphatic rings. The van der Waals surface area contributed by atoms with Crippen LogP contribution in [0.1, 0.15) is 19.3 Å². The van der Waals surface area contributed by atoms with Crippen LogP contribution in [0.25, 0.3) is 11.4 Å². The SMILES string of the molecule is Cn1c(-c2ccccc2)nn(C[NH+]2CCCCC2)c1=S. The minimum Gasteiger partial charge on any atom is -0.316 e. The molecular weight excluding hydrogens is 268 g/mol. The lowest BCUT2D eigenvalue weighted by molar-refractivity contribution is -0.928. The summed E-state index contributed by atoms with van der Waals surface area (Å²) in [6, 6.07) is 10.2. The van der Waals surface area contributed by atoms with Crippen LogP contribution in [0, 0.1) is 4.77 Å². The van der Waals surface area contributed by atoms with Gasteiger partial charge in [-0.15, -0.1) is 5.10 Å². The number of likely N-dealkylation sites (tertiary alicyclic amines) is 1. The first-order chi connectivity index (χ1) is 9.75. The Hall–Kier alpha value is -1.46. The Morgan fingerprint density at radius 1 is 1.15 bits per heavy atom. The number of rotatable bonds is 3. The largest absolute Gasteiger partial charge is 0.316 e. The molecule has 1 aromatic heterocycles. The van der Waals surface area contributed by atoms with E-state index in [1.165, 1.54) is 32.4 Å². The fraction of sp³-hybridized carbons (Fsp3) is 0.467. The van der Waals surface area contributed by atoms with Crippen LogP contribution in [0.4, 0.5) is 0 Å². The highest BCUT2D eigenvalue weighted by Gasteiger charge is 2.17. The Morgan fingerprint density at radius 2 is 1.85 bits per heavy atom. The summed E-state index contributed by atoms with van der Waals surface area (Å²) >= 11 is 5.53. The third kappa shape index (κ3) is 2.69. The minimum absolute atomic E-state index is 0.807. The van der Waals surface area contributed by atoms with Gasteiger partial charge in [-0.25, -0.2) is 0 Å². The number of nitrogens with one attached hydrogen (secondary N) is 1. The van der Waals surface area contributed by atoms with E-state index in [0.717, 1.165) is 22.8 Å². The van der Waals surface area contributed by atoms with Crippen molar-refractivity contribution < 1.29 is 4.90 Å². The van der Waals surface area contributed by atoms with Crippen molar-refractivity contribution in [3.05, 3.63) is 35.1 Å². The van der Waals surface area contributed by atoms with Gasteiger partial charge in [-0.3, -0.25) is 0 Å². The topological polar surface area (TPSA) is 27.2 Å². The zero-order chi connectivity index (χ0) is 13.9. The van der Waals surface area contributed by atoms with Crippen molar-refractivity contribution in [1.29, 1.82) is 0 Å². The molecule has 3 rings (SSSR count). The lowest BCUT2D eigenvalue weighted by Gasteiger charge is -2.22. The highest BCUT2D eigenvalue weighted by atomic mass is 32.1. The summed E-state index contributed by atoms with van der Waals surface area (Å²) in [5.41, 5.74) is 1.12. The van der Waals surface area contributed by atoms with Crippen LogP contribution in [0.3, 0.4) is 0 Å². The van der Waals surface area contributed by atoms with Crippen LogP contribution in [-0.4, -0.2) is 27.4 Å². The molecule has 0 radical (unpaired) electrons. The number of quaternary nitrogens is 1. The quantitative estimate of drug-likeness (QED) is 0.870. The number of piperidine rings is 1. The van der Waals surface area contributed by atoms with E-state index < -0.39 is 0 Å². The summed E-state index contributed by atoms with van der Waals surface area (Å²) in [6.07, 6.45) is 4.01. The third-order valence-corrected chi connectivity index (χ3v) is 4.49. The summed E-state index contributed by atoms with van der Waals surface area (Å²) in [7, 11) is 2.00. The fourth-order valence-electron chi connectivity index (χ4n) is 2.85. The Kier molecular flexibility index (Phi) is 3.98. The zero-order valence-electron chi connectivity index (χ0n) is 11.9. The van der Waals surface area contributed by atoms with Crippen LogP contribution >= 0.6 is 12.2 Å². The fourth-order valence-corrected chi connectivity index (χ4v) is 3.04. The highest BCUT2D eigenvalue weighted by Crippen LogP contribution is 2.16. The molecule has 0 unspecified atom stereocenters. The predicted octanol–water partition coefficient (Wildman–Crippen LogP) is 1.64. The first kappa shape index (κ1) is 13.5. The molecule has 0 atom stereocenters. The van der Waals surface area contributed by atoms with Crippen LogP contribution in [-0.2, 0) is 13.7 Å². The van der Waals surface area contributed by atoms with E-state index in [9.17, 15) is 0 Å². The average molecular weight is 289 g/mol. The van der Waals surface area contributed by atoms with Crippen molar-refractivity contribution in [2.24, 2.45) is 7.05 Å². The van der Waals surface area contributed by atoms with E-state index >= 15 is 0 Å². The lowest BCUT2D eigenvalue weighted by Crippen LogP contribution is -3.12. The van der Waals surface area contributed by atoms with Crippen LogP contribution in [0.2, 0.25) is 0 Å². The predicted molar refractivity (Wildman–Crippen MR) is 82.0 cm³/mol. The van der Waals surface area contributed by atoms with E-state index in [2.05, 4.69) is 12.1 Å². The first-order valence-electron chi connectivity index (χ1n) is 7.28. The van der Waals surface area contributed by atoms with Gasteiger partial charge in [0.1, 0.15) is 0 Å². The van der Waals surface area contributed by atoms with Gasteiger partial charge < -0.3 is 9.47 Å². The number of hydrogen-bond acceptors (Lipinski definition) is 2. The number of aromatic nitrogens is 3. The summed E-state index contributed by atoms with van der Waals surface area (Å²) in [5.74, 6) is 0.951. The molecule has 0 spiro atoms. The van der Waals surface area contributed by atoms with Crippen LogP contribution < -0.4 is 4.90 Å². The standard InChI is InChI=1S/C15H20N4S/c1-17-14(13-8-4-2-5-9-13)16-19(15(17)20)12-18-10-6-3-7-11-18/h2,4-5,8-9H,3,6-7,10-12H2,1H3/p+1. The molecule has 20 heavy (non-hydrogen) atoms. The molecule has 0 amide bonds. The molecule has 5 heteroatoms. The van der Waals surface area contributed by atoms with Crippen LogP contribution in [0.5, 0.6) is 0 Å². The van der Waals surface area contributed by atoms with E-state index in [4.69, 9.17) is 17.3 Å². The summed E-state index contributed by atoms with van der Waals surface area (Å²) in [4.78, 5) is 1.59. The Morgan fingerprint density at radius 3 is 2.55 bits per heavy atom. The van der Waals surface area contributed by atoms with Gasteiger partial charge in [0.25, 0.3) is 0 Å². The lowest BCUT2D eigenvalue weighted by atomic mass is 10.1. The second-order valence-corrected chi connectivity index (χ2v) is 5.86. The van der Waals surface area contributed by atoms with Gasteiger partial charge in [0.15, 0.2) is 12.5 Å². The number of hydrogen-bond donors (Lipinski definition) is 1. The van der Waals surface area contributed by atoms with Gasteiger partial charge >= 0.3 is 0 Å². The van der Waals surface area contributed by atoms with E-state index in [1.54, 1.807) is 4.90 Å². The highest BCUT2D eigenvalue weighted by molar-refractivity contribution is 7.71. The van der Waals surface area contributed by atoms with Gasteiger partial charge in [-0.1, -0.05) is 30.3 Å². The molecule has 1 aliphatic heterocycles. The van der Waals surface area contributed by atoms with E-state index in [0.29, 0.717) is 0 Å². The van der Waals surface area contributed by atoms with Crippen molar-refractivity contribution in [2.75, 3.05) is 13.1 Å². The zero-order valence-corrected chi connectivity index (χ0v) is 12.7. The molecule has 1 N–H and O–H groups in total. The molecule has 1 fully saturated rings. The van der Waals surface area contributed by atoms with Crippen molar-refractivity contribution in [3.63, 3.8) is 0 Å². The summed E-state index contributed by atoms with van der Waals surface area (Å²) in [5, 5.41) is 4.73. The molecule has 106 valence electrons. The average Bonchev–Trinajstić information content (AvgIpc) is 2.78. The first-order valence-corrected chi connectivity index (χ1v) is 7.69. The third-order valence-electron chi connectivity index (χ3n) is 4.01. The second kappa shape index (κ2) is 5.89.